The van der Waals surface area contributed by atoms with E-state index in [1.807, 2.05) is 41.3 Å². The Morgan fingerprint density at radius 1 is 1.19 bits per heavy atom. The van der Waals surface area contributed by atoms with Crippen LogP contribution in [0.4, 0.5) is 0 Å². The van der Waals surface area contributed by atoms with Crippen LogP contribution in [-0.4, -0.2) is 33.4 Å². The van der Waals surface area contributed by atoms with E-state index in [4.69, 9.17) is 0 Å². The second kappa shape index (κ2) is 7.27. The van der Waals surface area contributed by atoms with Crippen LogP contribution in [0.1, 0.15) is 20.3 Å². The van der Waals surface area contributed by atoms with E-state index in [-0.39, 0.29) is 18.0 Å². The number of rotatable bonds is 3. The number of fused-ring (bicyclic) bond motifs is 1. The minimum Gasteiger partial charge on any atom is -0.341 e. The van der Waals surface area contributed by atoms with Gasteiger partial charge in [-0.25, -0.2) is 4.98 Å². The second-order valence-electron chi connectivity index (χ2n) is 7.61. The fraction of sp³-hybridized carbons (Fsp3) is 0.381. The zero-order valence-corrected chi connectivity index (χ0v) is 16.4. The van der Waals surface area contributed by atoms with Gasteiger partial charge in [-0.2, -0.15) is 0 Å². The van der Waals surface area contributed by atoms with Gasteiger partial charge in [0.2, 0.25) is 5.91 Å². The van der Waals surface area contributed by atoms with Crippen LogP contribution in [0, 0.1) is 11.8 Å². The molecule has 4 rings (SSSR count). The van der Waals surface area contributed by atoms with Crippen LogP contribution >= 0.6 is 11.3 Å². The molecular formula is C21H23N3O2S. The first-order valence-electron chi connectivity index (χ1n) is 9.33. The maximum absolute atomic E-state index is 12.9. The highest BCUT2D eigenvalue weighted by Gasteiger charge is 2.25. The summed E-state index contributed by atoms with van der Waals surface area (Å²) in [6.07, 6.45) is 2.65. The predicted octanol–water partition coefficient (Wildman–Crippen LogP) is 3.63. The lowest BCUT2D eigenvalue weighted by molar-refractivity contribution is -0.134. The van der Waals surface area contributed by atoms with Crippen molar-refractivity contribution >= 4 is 27.5 Å². The molecule has 2 unspecified atom stereocenters. The lowest BCUT2D eigenvalue weighted by Gasteiger charge is -2.35. The van der Waals surface area contributed by atoms with Crippen LogP contribution in [0.25, 0.3) is 20.7 Å². The average Bonchev–Trinajstić information content (AvgIpc) is 3.09. The van der Waals surface area contributed by atoms with Gasteiger partial charge in [0, 0.05) is 18.0 Å². The number of hydrogen-bond donors (Lipinski definition) is 0. The minimum atomic E-state index is -0.140. The van der Waals surface area contributed by atoms with Crippen molar-refractivity contribution < 1.29 is 4.79 Å². The van der Waals surface area contributed by atoms with Gasteiger partial charge in [-0.1, -0.05) is 44.2 Å². The normalized spacial score (nSPS) is 20.1. The summed E-state index contributed by atoms with van der Waals surface area (Å²) in [5.41, 5.74) is 1.62. The molecule has 1 saturated heterocycles. The summed E-state index contributed by atoms with van der Waals surface area (Å²) in [6.45, 7) is 5.94. The van der Waals surface area contributed by atoms with E-state index in [9.17, 15) is 9.59 Å². The summed E-state index contributed by atoms with van der Waals surface area (Å²) in [4.78, 5) is 32.9. The van der Waals surface area contributed by atoms with Gasteiger partial charge in [0.25, 0.3) is 5.56 Å². The first-order chi connectivity index (χ1) is 13.0. The Morgan fingerprint density at radius 2 is 1.89 bits per heavy atom. The van der Waals surface area contributed by atoms with E-state index >= 15 is 0 Å². The number of amides is 1. The van der Waals surface area contributed by atoms with Crippen LogP contribution in [0.3, 0.4) is 0 Å². The molecule has 2 aromatic heterocycles. The molecule has 1 aliphatic rings. The van der Waals surface area contributed by atoms with Gasteiger partial charge >= 0.3 is 0 Å². The maximum Gasteiger partial charge on any atom is 0.271 e. The number of piperidine rings is 1. The molecule has 0 bridgehead atoms. The van der Waals surface area contributed by atoms with E-state index < -0.39 is 0 Å². The molecule has 1 fully saturated rings. The fourth-order valence-electron chi connectivity index (χ4n) is 3.91. The van der Waals surface area contributed by atoms with Gasteiger partial charge in [-0.15, -0.1) is 11.3 Å². The number of hydrogen-bond acceptors (Lipinski definition) is 4. The number of thiophene rings is 1. The third kappa shape index (κ3) is 3.67. The number of benzene rings is 1. The van der Waals surface area contributed by atoms with E-state index in [0.717, 1.165) is 30.0 Å². The quantitative estimate of drug-likeness (QED) is 0.696. The third-order valence-electron chi connectivity index (χ3n) is 5.09. The molecular weight excluding hydrogens is 358 g/mol. The second-order valence-corrected chi connectivity index (χ2v) is 8.67. The highest BCUT2D eigenvalue weighted by Crippen LogP contribution is 2.30. The summed E-state index contributed by atoms with van der Waals surface area (Å²) in [5.74, 6) is 0.998. The highest BCUT2D eigenvalue weighted by atomic mass is 32.1. The molecule has 6 heteroatoms. The Bertz CT molecular complexity index is 1010. The zero-order valence-electron chi connectivity index (χ0n) is 15.6. The topological polar surface area (TPSA) is 55.2 Å². The first-order valence-corrected chi connectivity index (χ1v) is 10.1. The molecule has 5 nitrogen and oxygen atoms in total. The van der Waals surface area contributed by atoms with Crippen LogP contribution in [0.5, 0.6) is 0 Å². The number of carbonyl (C=O) groups is 1. The lowest BCUT2D eigenvalue weighted by atomic mass is 9.92. The van der Waals surface area contributed by atoms with Crippen LogP contribution in [0.2, 0.25) is 0 Å². The van der Waals surface area contributed by atoms with E-state index in [2.05, 4.69) is 18.8 Å². The zero-order chi connectivity index (χ0) is 19.0. The Morgan fingerprint density at radius 3 is 2.59 bits per heavy atom. The lowest BCUT2D eigenvalue weighted by Crippen LogP contribution is -2.44. The molecule has 0 saturated carbocycles. The Labute approximate surface area is 162 Å². The standard InChI is InChI=1S/C21H23N3O2S/c1-14-8-15(2)11-23(10-14)19(25)12-24-13-22-17-9-18(27-20(17)21(24)26)16-6-4-3-5-7-16/h3-7,9,13-15H,8,10-12H2,1-2H3. The van der Waals surface area contributed by atoms with Crippen molar-refractivity contribution in [3.8, 4) is 10.4 Å². The summed E-state index contributed by atoms with van der Waals surface area (Å²) in [6, 6.07) is 11.9. The summed E-state index contributed by atoms with van der Waals surface area (Å²) >= 11 is 1.43. The van der Waals surface area contributed by atoms with E-state index in [0.29, 0.717) is 22.1 Å². The number of carbonyl (C=O) groups excluding carboxylic acids is 1. The fourth-order valence-corrected chi connectivity index (χ4v) is 4.98. The molecule has 2 atom stereocenters. The average molecular weight is 382 g/mol. The van der Waals surface area contributed by atoms with Gasteiger partial charge in [0.05, 0.1) is 11.8 Å². The molecule has 27 heavy (non-hydrogen) atoms. The van der Waals surface area contributed by atoms with Crippen LogP contribution < -0.4 is 5.56 Å². The largest absolute Gasteiger partial charge is 0.341 e. The Hall–Kier alpha value is -2.47. The molecule has 140 valence electrons. The molecule has 3 aromatic rings. The molecule has 0 spiro atoms. The minimum absolute atomic E-state index is 0.00325. The van der Waals surface area contributed by atoms with Crippen LogP contribution in [0.15, 0.2) is 47.5 Å². The summed E-state index contributed by atoms with van der Waals surface area (Å²) in [5, 5.41) is 0. The SMILES string of the molecule is CC1CC(C)CN(C(=O)Cn2cnc3cc(-c4ccccc4)sc3c2=O)C1. The summed E-state index contributed by atoms with van der Waals surface area (Å²) in [7, 11) is 0. The molecule has 3 heterocycles. The molecule has 0 N–H and O–H groups in total. The van der Waals surface area contributed by atoms with Crippen molar-refractivity contribution in [1.82, 2.24) is 14.5 Å². The van der Waals surface area contributed by atoms with Gasteiger partial charge in [-0.3, -0.25) is 14.2 Å². The molecule has 1 aliphatic heterocycles. The first kappa shape index (κ1) is 17.9. The van der Waals surface area contributed by atoms with Gasteiger partial charge in [0.15, 0.2) is 0 Å². The van der Waals surface area contributed by atoms with Gasteiger partial charge in [-0.05, 0) is 29.9 Å². The van der Waals surface area contributed by atoms with E-state index in [1.165, 1.54) is 22.2 Å². The van der Waals surface area contributed by atoms with Crippen molar-refractivity contribution in [1.29, 1.82) is 0 Å². The number of likely N-dealkylation sites (tertiary alicyclic amines) is 1. The maximum atomic E-state index is 12.9. The smallest absolute Gasteiger partial charge is 0.271 e. The van der Waals surface area contributed by atoms with Crippen molar-refractivity contribution in [2.45, 2.75) is 26.8 Å². The van der Waals surface area contributed by atoms with Crippen molar-refractivity contribution in [3.63, 3.8) is 0 Å². The Kier molecular flexibility index (Phi) is 4.83. The molecule has 0 radical (unpaired) electrons. The summed E-state index contributed by atoms with van der Waals surface area (Å²) < 4.78 is 2.05. The van der Waals surface area contributed by atoms with Crippen molar-refractivity contribution in [2.24, 2.45) is 11.8 Å². The molecule has 0 aliphatic carbocycles. The Balaban J connectivity index is 1.60. The van der Waals surface area contributed by atoms with Gasteiger partial charge < -0.3 is 4.90 Å². The molecule has 1 aromatic carbocycles. The van der Waals surface area contributed by atoms with Crippen LogP contribution in [-0.2, 0) is 11.3 Å². The van der Waals surface area contributed by atoms with Crippen molar-refractivity contribution in [3.05, 3.63) is 53.1 Å². The predicted molar refractivity (Wildman–Crippen MR) is 109 cm³/mol. The third-order valence-corrected chi connectivity index (χ3v) is 6.25. The highest BCUT2D eigenvalue weighted by molar-refractivity contribution is 7.22. The number of aromatic nitrogens is 2. The number of nitrogens with zero attached hydrogens (tertiary/aromatic N) is 3. The van der Waals surface area contributed by atoms with E-state index in [1.54, 1.807) is 0 Å². The van der Waals surface area contributed by atoms with Crippen molar-refractivity contribution in [2.75, 3.05) is 13.1 Å². The monoisotopic (exact) mass is 381 g/mol. The molecule has 1 amide bonds. The van der Waals surface area contributed by atoms with Gasteiger partial charge in [0.1, 0.15) is 11.2 Å².